The summed E-state index contributed by atoms with van der Waals surface area (Å²) in [5, 5.41) is 13.8. The smallest absolute Gasteiger partial charge is 0.292 e. The highest BCUT2D eigenvalue weighted by Gasteiger charge is 2.17. The molecule has 0 fully saturated rings. The predicted molar refractivity (Wildman–Crippen MR) is 74.4 cm³/mol. The average molecular weight is 263 g/mol. The van der Waals surface area contributed by atoms with Crippen LogP contribution in [0.3, 0.4) is 0 Å². The van der Waals surface area contributed by atoms with E-state index in [-0.39, 0.29) is 11.6 Å². The number of carbonyl (C=O) groups excluding carboxylic acids is 1. The monoisotopic (exact) mass is 263 g/mol. The molecule has 6 nitrogen and oxygen atoms in total. The molecular weight excluding hydrogens is 246 g/mol. The Bertz CT molecular complexity index is 524. The lowest BCUT2D eigenvalue weighted by molar-refractivity contribution is -0.384. The molecule has 0 aliphatic rings. The Balaban J connectivity index is 3.14. The van der Waals surface area contributed by atoms with Crippen molar-refractivity contribution in [1.82, 2.24) is 4.90 Å². The maximum atomic E-state index is 11.8. The molecule has 0 aliphatic carbocycles. The molecule has 0 bridgehead atoms. The van der Waals surface area contributed by atoms with Crippen LogP contribution >= 0.6 is 0 Å². The van der Waals surface area contributed by atoms with Crippen LogP contribution in [-0.4, -0.2) is 36.4 Å². The minimum atomic E-state index is -0.481. The third-order valence-corrected chi connectivity index (χ3v) is 2.43. The van der Waals surface area contributed by atoms with E-state index in [1.807, 2.05) is 6.92 Å². The van der Waals surface area contributed by atoms with Crippen molar-refractivity contribution in [3.8, 4) is 0 Å². The van der Waals surface area contributed by atoms with Crippen LogP contribution in [0.25, 0.3) is 0 Å². The maximum Gasteiger partial charge on any atom is 0.292 e. The number of nitro groups is 1. The molecule has 0 saturated carbocycles. The van der Waals surface area contributed by atoms with Crippen molar-refractivity contribution in [3.63, 3.8) is 0 Å². The van der Waals surface area contributed by atoms with E-state index in [1.54, 1.807) is 14.1 Å². The molecule has 0 atom stereocenters. The van der Waals surface area contributed by atoms with Gasteiger partial charge in [-0.15, -0.1) is 0 Å². The number of hydrogen-bond donors (Lipinski definition) is 1. The molecule has 1 amide bonds. The number of rotatable bonds is 5. The zero-order valence-corrected chi connectivity index (χ0v) is 11.3. The number of nitro benzene ring substituents is 1. The van der Waals surface area contributed by atoms with Crippen molar-refractivity contribution in [1.29, 1.82) is 0 Å². The summed E-state index contributed by atoms with van der Waals surface area (Å²) in [6.45, 7) is 5.95. The van der Waals surface area contributed by atoms with Crippen molar-refractivity contribution >= 4 is 17.3 Å². The van der Waals surface area contributed by atoms with Gasteiger partial charge in [0.25, 0.3) is 11.6 Å². The fourth-order valence-electron chi connectivity index (χ4n) is 1.47. The van der Waals surface area contributed by atoms with Gasteiger partial charge >= 0.3 is 0 Å². The molecule has 6 heteroatoms. The van der Waals surface area contributed by atoms with E-state index in [1.165, 1.54) is 23.1 Å². The lowest BCUT2D eigenvalue weighted by Crippen LogP contribution is -2.21. The van der Waals surface area contributed by atoms with Crippen LogP contribution in [0.15, 0.2) is 30.4 Å². The van der Waals surface area contributed by atoms with Crippen LogP contribution < -0.4 is 5.32 Å². The van der Waals surface area contributed by atoms with Gasteiger partial charge in [0, 0.05) is 32.3 Å². The lowest BCUT2D eigenvalue weighted by atomic mass is 10.1. The molecule has 19 heavy (non-hydrogen) atoms. The normalized spacial score (nSPS) is 9.84. The molecule has 1 rings (SSSR count). The Hall–Kier alpha value is -2.37. The Morgan fingerprint density at radius 2 is 2.11 bits per heavy atom. The standard InChI is InChI=1S/C13H17N3O3/c1-9(2)8-14-11-7-10(13(17)15(3)4)5-6-12(11)16(18)19/h5-7,14H,1,8H2,2-4H3. The molecule has 0 aromatic heterocycles. The zero-order valence-electron chi connectivity index (χ0n) is 11.3. The van der Waals surface area contributed by atoms with Crippen LogP contribution in [0.5, 0.6) is 0 Å². The molecule has 0 radical (unpaired) electrons. The second-order valence-corrected chi connectivity index (χ2v) is 4.50. The molecule has 102 valence electrons. The SMILES string of the molecule is C=C(C)CNc1cc(C(=O)N(C)C)ccc1[N+](=O)[O-]. The third-order valence-electron chi connectivity index (χ3n) is 2.43. The first-order chi connectivity index (χ1) is 8.82. The topological polar surface area (TPSA) is 75.5 Å². The van der Waals surface area contributed by atoms with Gasteiger partial charge in [-0.2, -0.15) is 0 Å². The van der Waals surface area contributed by atoms with E-state index in [4.69, 9.17) is 0 Å². The van der Waals surface area contributed by atoms with E-state index in [0.29, 0.717) is 17.8 Å². The Labute approximate surface area is 111 Å². The number of anilines is 1. The van der Waals surface area contributed by atoms with Gasteiger partial charge in [0.05, 0.1) is 4.92 Å². The highest BCUT2D eigenvalue weighted by atomic mass is 16.6. The number of nitrogens with one attached hydrogen (secondary N) is 1. The van der Waals surface area contributed by atoms with Crippen molar-refractivity contribution in [2.75, 3.05) is 26.0 Å². The van der Waals surface area contributed by atoms with Crippen LogP contribution in [0, 0.1) is 10.1 Å². The molecule has 1 N–H and O–H groups in total. The second-order valence-electron chi connectivity index (χ2n) is 4.50. The van der Waals surface area contributed by atoms with E-state index < -0.39 is 4.92 Å². The van der Waals surface area contributed by atoms with Gasteiger partial charge in [-0.3, -0.25) is 14.9 Å². The fraction of sp³-hybridized carbons (Fsp3) is 0.308. The number of benzene rings is 1. The number of amides is 1. The quantitative estimate of drug-likeness (QED) is 0.502. The first-order valence-corrected chi connectivity index (χ1v) is 5.71. The van der Waals surface area contributed by atoms with Crippen LogP contribution in [0.2, 0.25) is 0 Å². The maximum absolute atomic E-state index is 11.8. The van der Waals surface area contributed by atoms with Crippen molar-refractivity contribution in [2.45, 2.75) is 6.92 Å². The van der Waals surface area contributed by atoms with Gasteiger partial charge in [-0.05, 0) is 19.1 Å². The van der Waals surface area contributed by atoms with Crippen molar-refractivity contribution < 1.29 is 9.72 Å². The summed E-state index contributed by atoms with van der Waals surface area (Å²) in [5.41, 5.74) is 1.51. The summed E-state index contributed by atoms with van der Waals surface area (Å²) in [7, 11) is 3.26. The van der Waals surface area contributed by atoms with E-state index in [9.17, 15) is 14.9 Å². The van der Waals surface area contributed by atoms with Gasteiger partial charge < -0.3 is 10.2 Å². The van der Waals surface area contributed by atoms with Gasteiger partial charge in [-0.1, -0.05) is 12.2 Å². The molecule has 0 unspecified atom stereocenters. The molecule has 0 aliphatic heterocycles. The summed E-state index contributed by atoms with van der Waals surface area (Å²) in [6, 6.07) is 4.27. The van der Waals surface area contributed by atoms with Crippen molar-refractivity contribution in [3.05, 3.63) is 46.0 Å². The summed E-state index contributed by atoms with van der Waals surface area (Å²) < 4.78 is 0. The van der Waals surface area contributed by atoms with Crippen LogP contribution in [0.1, 0.15) is 17.3 Å². The van der Waals surface area contributed by atoms with Crippen LogP contribution in [-0.2, 0) is 0 Å². The average Bonchev–Trinajstić information content (AvgIpc) is 2.34. The summed E-state index contributed by atoms with van der Waals surface area (Å²) in [5.74, 6) is -0.201. The van der Waals surface area contributed by atoms with Gasteiger partial charge in [-0.25, -0.2) is 0 Å². The van der Waals surface area contributed by atoms with Crippen molar-refractivity contribution in [2.24, 2.45) is 0 Å². The van der Waals surface area contributed by atoms with Crippen LogP contribution in [0.4, 0.5) is 11.4 Å². The lowest BCUT2D eigenvalue weighted by Gasteiger charge is -2.12. The number of carbonyl (C=O) groups is 1. The van der Waals surface area contributed by atoms with E-state index in [2.05, 4.69) is 11.9 Å². The highest BCUT2D eigenvalue weighted by molar-refractivity contribution is 5.95. The Morgan fingerprint density at radius 1 is 1.47 bits per heavy atom. The van der Waals surface area contributed by atoms with E-state index >= 15 is 0 Å². The highest BCUT2D eigenvalue weighted by Crippen LogP contribution is 2.26. The fourth-order valence-corrected chi connectivity index (χ4v) is 1.47. The molecule has 0 heterocycles. The Kier molecular flexibility index (Phi) is 4.63. The number of hydrogen-bond acceptors (Lipinski definition) is 4. The third kappa shape index (κ3) is 3.80. The molecule has 1 aromatic rings. The largest absolute Gasteiger partial charge is 0.376 e. The molecule has 0 saturated heterocycles. The zero-order chi connectivity index (χ0) is 14.6. The molecule has 1 aromatic carbocycles. The Morgan fingerprint density at radius 3 is 2.58 bits per heavy atom. The molecular formula is C13H17N3O3. The minimum absolute atomic E-state index is 0.0587. The summed E-state index contributed by atoms with van der Waals surface area (Å²) in [6.07, 6.45) is 0. The van der Waals surface area contributed by atoms with Gasteiger partial charge in [0.1, 0.15) is 5.69 Å². The first kappa shape index (κ1) is 14.7. The predicted octanol–water partition coefficient (Wildman–Crippen LogP) is 2.28. The first-order valence-electron chi connectivity index (χ1n) is 5.71. The van der Waals surface area contributed by atoms with Gasteiger partial charge in [0.15, 0.2) is 0 Å². The minimum Gasteiger partial charge on any atom is -0.376 e. The van der Waals surface area contributed by atoms with Gasteiger partial charge in [0.2, 0.25) is 0 Å². The molecule has 0 spiro atoms. The summed E-state index contributed by atoms with van der Waals surface area (Å²) >= 11 is 0. The summed E-state index contributed by atoms with van der Waals surface area (Å²) in [4.78, 5) is 23.7. The second kappa shape index (κ2) is 5.99. The van der Waals surface area contributed by atoms with E-state index in [0.717, 1.165) is 5.57 Å². The number of nitrogens with zero attached hydrogens (tertiary/aromatic N) is 2.